The van der Waals surface area contributed by atoms with Gasteiger partial charge in [-0.15, -0.1) is 0 Å². The summed E-state index contributed by atoms with van der Waals surface area (Å²) in [6.07, 6.45) is 3.30. The van der Waals surface area contributed by atoms with E-state index in [9.17, 15) is 13.2 Å². The van der Waals surface area contributed by atoms with Gasteiger partial charge in [0.2, 0.25) is 0 Å². The van der Waals surface area contributed by atoms with Crippen LogP contribution in [-0.4, -0.2) is 18.8 Å². The number of nitrogens with one attached hydrogen (secondary N) is 1. The van der Waals surface area contributed by atoms with Crippen molar-refractivity contribution in [2.75, 3.05) is 6.54 Å². The first kappa shape index (κ1) is 15.1. The summed E-state index contributed by atoms with van der Waals surface area (Å²) in [5.74, 6) is 0.0237. The summed E-state index contributed by atoms with van der Waals surface area (Å²) >= 11 is 0. The Morgan fingerprint density at radius 3 is 2.47 bits per heavy atom. The van der Waals surface area contributed by atoms with Gasteiger partial charge in [0, 0.05) is 6.04 Å². The van der Waals surface area contributed by atoms with Gasteiger partial charge in [-0.1, -0.05) is 26.2 Å². The largest absolute Gasteiger partial charge is 0.391 e. The fraction of sp³-hybridized carbons (Fsp3) is 1.00. The SMILES string of the molecule is CCNC(CCC1CC1)C1CCCC(C(F)(F)F)C1. The molecular formula is C15H26F3N. The van der Waals surface area contributed by atoms with Crippen LogP contribution in [0.25, 0.3) is 0 Å². The first-order chi connectivity index (χ1) is 9.00. The third-order valence-corrected chi connectivity index (χ3v) is 4.80. The molecular weight excluding hydrogens is 251 g/mol. The second-order valence-electron chi connectivity index (χ2n) is 6.35. The Hall–Kier alpha value is -0.250. The second kappa shape index (κ2) is 6.47. The zero-order chi connectivity index (χ0) is 13.9. The first-order valence-corrected chi connectivity index (χ1v) is 7.80. The van der Waals surface area contributed by atoms with Gasteiger partial charge in [-0.3, -0.25) is 0 Å². The fourth-order valence-corrected chi connectivity index (χ4v) is 3.48. The molecule has 4 heteroatoms. The Labute approximate surface area is 114 Å². The molecule has 3 atom stereocenters. The van der Waals surface area contributed by atoms with Crippen LogP contribution in [0.1, 0.15) is 58.3 Å². The van der Waals surface area contributed by atoms with E-state index in [0.29, 0.717) is 18.9 Å². The average Bonchev–Trinajstić information content (AvgIpc) is 3.17. The van der Waals surface area contributed by atoms with Crippen LogP contribution in [0.5, 0.6) is 0 Å². The van der Waals surface area contributed by atoms with Gasteiger partial charge in [-0.05, 0) is 50.5 Å². The lowest BCUT2D eigenvalue weighted by molar-refractivity contribution is -0.186. The predicted molar refractivity (Wildman–Crippen MR) is 70.9 cm³/mol. The molecule has 2 rings (SSSR count). The standard InChI is InChI=1S/C15H26F3N/c1-2-19-14(9-8-11-6-7-11)12-4-3-5-13(10-12)15(16,17)18/h11-14,19H,2-10H2,1H3. The van der Waals surface area contributed by atoms with Crippen LogP contribution in [0, 0.1) is 17.8 Å². The molecule has 2 aliphatic rings. The van der Waals surface area contributed by atoms with Crippen LogP contribution in [0.4, 0.5) is 13.2 Å². The van der Waals surface area contributed by atoms with E-state index in [1.807, 2.05) is 6.92 Å². The predicted octanol–water partition coefficient (Wildman–Crippen LogP) is 4.52. The fourth-order valence-electron chi connectivity index (χ4n) is 3.48. The normalized spacial score (nSPS) is 30.3. The summed E-state index contributed by atoms with van der Waals surface area (Å²) in [7, 11) is 0. The smallest absolute Gasteiger partial charge is 0.314 e. The van der Waals surface area contributed by atoms with Crippen LogP contribution in [0.3, 0.4) is 0 Å². The summed E-state index contributed by atoms with van der Waals surface area (Å²) in [4.78, 5) is 0. The van der Waals surface area contributed by atoms with Crippen molar-refractivity contribution < 1.29 is 13.2 Å². The van der Waals surface area contributed by atoms with Gasteiger partial charge < -0.3 is 5.32 Å². The molecule has 0 bridgehead atoms. The molecule has 2 aliphatic carbocycles. The van der Waals surface area contributed by atoms with E-state index in [0.717, 1.165) is 31.7 Å². The van der Waals surface area contributed by atoms with Gasteiger partial charge in [-0.25, -0.2) is 0 Å². The summed E-state index contributed by atoms with van der Waals surface area (Å²) in [5.41, 5.74) is 0. The van der Waals surface area contributed by atoms with Crippen LogP contribution >= 0.6 is 0 Å². The quantitative estimate of drug-likeness (QED) is 0.752. The van der Waals surface area contributed by atoms with E-state index < -0.39 is 12.1 Å². The Kier molecular flexibility index (Phi) is 5.15. The van der Waals surface area contributed by atoms with Crippen molar-refractivity contribution in [3.63, 3.8) is 0 Å². The van der Waals surface area contributed by atoms with E-state index in [-0.39, 0.29) is 5.92 Å². The average molecular weight is 277 g/mol. The van der Waals surface area contributed by atoms with Crippen molar-refractivity contribution in [1.29, 1.82) is 0 Å². The lowest BCUT2D eigenvalue weighted by Crippen LogP contribution is -2.41. The molecule has 0 aromatic carbocycles. The minimum Gasteiger partial charge on any atom is -0.314 e. The highest BCUT2D eigenvalue weighted by molar-refractivity contribution is 4.86. The Morgan fingerprint density at radius 2 is 1.89 bits per heavy atom. The van der Waals surface area contributed by atoms with Crippen LogP contribution < -0.4 is 5.32 Å². The number of alkyl halides is 3. The van der Waals surface area contributed by atoms with E-state index in [1.54, 1.807) is 0 Å². The van der Waals surface area contributed by atoms with Crippen molar-refractivity contribution in [2.24, 2.45) is 17.8 Å². The van der Waals surface area contributed by atoms with Gasteiger partial charge in [0.05, 0.1) is 5.92 Å². The highest BCUT2D eigenvalue weighted by atomic mass is 19.4. The zero-order valence-electron chi connectivity index (χ0n) is 11.8. The van der Waals surface area contributed by atoms with E-state index >= 15 is 0 Å². The summed E-state index contributed by atoms with van der Waals surface area (Å²) in [6, 6.07) is 0.302. The van der Waals surface area contributed by atoms with E-state index in [4.69, 9.17) is 0 Å². The molecule has 1 nitrogen and oxygen atoms in total. The first-order valence-electron chi connectivity index (χ1n) is 7.80. The maximum atomic E-state index is 12.9. The third kappa shape index (κ3) is 4.66. The summed E-state index contributed by atoms with van der Waals surface area (Å²) in [5, 5.41) is 3.44. The molecule has 2 saturated carbocycles. The van der Waals surface area contributed by atoms with Crippen molar-refractivity contribution >= 4 is 0 Å². The van der Waals surface area contributed by atoms with Crippen LogP contribution in [0.2, 0.25) is 0 Å². The number of halogens is 3. The van der Waals surface area contributed by atoms with Crippen molar-refractivity contribution in [1.82, 2.24) is 5.32 Å². The molecule has 0 aromatic heterocycles. The second-order valence-corrected chi connectivity index (χ2v) is 6.35. The summed E-state index contributed by atoms with van der Waals surface area (Å²) < 4.78 is 38.6. The molecule has 3 unspecified atom stereocenters. The number of rotatable bonds is 6. The third-order valence-electron chi connectivity index (χ3n) is 4.80. The monoisotopic (exact) mass is 277 g/mol. The summed E-state index contributed by atoms with van der Waals surface area (Å²) in [6.45, 7) is 2.91. The molecule has 0 aliphatic heterocycles. The molecule has 1 N–H and O–H groups in total. The zero-order valence-corrected chi connectivity index (χ0v) is 11.8. The van der Waals surface area contributed by atoms with Gasteiger partial charge >= 0.3 is 6.18 Å². The highest BCUT2D eigenvalue weighted by Gasteiger charge is 2.43. The molecule has 2 fully saturated rings. The van der Waals surface area contributed by atoms with Crippen molar-refractivity contribution in [3.05, 3.63) is 0 Å². The molecule has 112 valence electrons. The van der Waals surface area contributed by atoms with Gasteiger partial charge in [0.1, 0.15) is 0 Å². The lowest BCUT2D eigenvalue weighted by Gasteiger charge is -2.36. The van der Waals surface area contributed by atoms with Gasteiger partial charge in [0.15, 0.2) is 0 Å². The van der Waals surface area contributed by atoms with Crippen LogP contribution in [-0.2, 0) is 0 Å². The van der Waals surface area contributed by atoms with Crippen molar-refractivity contribution in [3.8, 4) is 0 Å². The molecule has 0 spiro atoms. The Balaban J connectivity index is 1.87. The molecule has 0 aromatic rings. The molecule has 0 saturated heterocycles. The Morgan fingerprint density at radius 1 is 1.16 bits per heavy atom. The van der Waals surface area contributed by atoms with E-state index in [1.165, 1.54) is 19.3 Å². The lowest BCUT2D eigenvalue weighted by atomic mass is 9.76. The molecule has 0 radical (unpaired) electrons. The number of hydrogen-bond acceptors (Lipinski definition) is 1. The molecule has 0 amide bonds. The minimum atomic E-state index is -3.99. The van der Waals surface area contributed by atoms with Gasteiger partial charge in [-0.2, -0.15) is 13.2 Å². The van der Waals surface area contributed by atoms with Crippen molar-refractivity contribution in [2.45, 2.75) is 70.5 Å². The minimum absolute atomic E-state index is 0.221. The molecule has 0 heterocycles. The van der Waals surface area contributed by atoms with E-state index in [2.05, 4.69) is 5.32 Å². The maximum Gasteiger partial charge on any atom is 0.391 e. The van der Waals surface area contributed by atoms with Gasteiger partial charge in [0.25, 0.3) is 0 Å². The topological polar surface area (TPSA) is 12.0 Å². The maximum absolute atomic E-state index is 12.9. The molecule has 19 heavy (non-hydrogen) atoms. The van der Waals surface area contributed by atoms with Crippen LogP contribution in [0.15, 0.2) is 0 Å². The Bertz CT molecular complexity index is 273. The number of hydrogen-bond donors (Lipinski definition) is 1. The highest BCUT2D eigenvalue weighted by Crippen LogP contribution is 2.42.